The van der Waals surface area contributed by atoms with Crippen LogP contribution in [0.4, 0.5) is 17.1 Å². The van der Waals surface area contributed by atoms with E-state index in [1.807, 2.05) is 37.3 Å². The number of hydrogen-bond donors (Lipinski definition) is 2. The summed E-state index contributed by atoms with van der Waals surface area (Å²) in [5.41, 5.74) is 4.74. The van der Waals surface area contributed by atoms with Crippen LogP contribution in [0.5, 0.6) is 0 Å². The Hall–Kier alpha value is -3.34. The maximum absolute atomic E-state index is 11.2. The number of nitrogens with one attached hydrogen (secondary N) is 2. The van der Waals surface area contributed by atoms with E-state index < -0.39 is 0 Å². The molecule has 0 aliphatic heterocycles. The van der Waals surface area contributed by atoms with Crippen LogP contribution in [0.3, 0.4) is 0 Å². The van der Waals surface area contributed by atoms with Gasteiger partial charge in [0.2, 0.25) is 5.91 Å². The average molecular weight is 419 g/mol. The molecule has 2 aromatic carbocycles. The molecule has 0 spiro atoms. The van der Waals surface area contributed by atoms with Gasteiger partial charge in [-0.1, -0.05) is 38.6 Å². The summed E-state index contributed by atoms with van der Waals surface area (Å²) in [6.07, 6.45) is 5.86. The van der Waals surface area contributed by atoms with E-state index in [9.17, 15) is 4.79 Å². The highest BCUT2D eigenvalue weighted by Gasteiger charge is 2.06. The van der Waals surface area contributed by atoms with Crippen LogP contribution in [0, 0.1) is 0 Å². The molecule has 0 unspecified atom stereocenters. The molecular formula is C26H34N4O. The van der Waals surface area contributed by atoms with Gasteiger partial charge in [0, 0.05) is 42.6 Å². The average Bonchev–Trinajstić information content (AvgIpc) is 2.74. The monoisotopic (exact) mass is 418 g/mol. The number of allylic oxidation sites excluding steroid dienone is 2. The minimum atomic E-state index is -0.0915. The maximum atomic E-state index is 11.2. The third-order valence-electron chi connectivity index (χ3n) is 4.61. The lowest BCUT2D eigenvalue weighted by Crippen LogP contribution is -2.24. The third kappa shape index (κ3) is 7.78. The van der Waals surface area contributed by atoms with Crippen molar-refractivity contribution in [1.29, 1.82) is 0 Å². The lowest BCUT2D eigenvalue weighted by atomic mass is 10.1. The topological polar surface area (TPSA) is 56.7 Å². The number of benzene rings is 2. The van der Waals surface area contributed by atoms with Gasteiger partial charge in [0.1, 0.15) is 5.84 Å². The number of carbonyl (C=O) groups is 1. The molecule has 0 aromatic heterocycles. The van der Waals surface area contributed by atoms with Crippen molar-refractivity contribution < 1.29 is 4.79 Å². The van der Waals surface area contributed by atoms with Crippen molar-refractivity contribution in [2.45, 2.75) is 40.5 Å². The molecule has 2 aromatic rings. The Balaban J connectivity index is 2.13. The summed E-state index contributed by atoms with van der Waals surface area (Å²) in [5.74, 6) is 0.692. The van der Waals surface area contributed by atoms with Gasteiger partial charge in [-0.05, 0) is 62.2 Å². The van der Waals surface area contributed by atoms with E-state index in [1.54, 1.807) is 6.08 Å². The first kappa shape index (κ1) is 23.9. The molecule has 0 bridgehead atoms. The van der Waals surface area contributed by atoms with Crippen molar-refractivity contribution in [3.63, 3.8) is 0 Å². The summed E-state index contributed by atoms with van der Waals surface area (Å²) >= 11 is 0. The van der Waals surface area contributed by atoms with Crippen LogP contribution in [0.15, 0.2) is 72.3 Å². The van der Waals surface area contributed by atoms with Gasteiger partial charge in [0.05, 0.1) is 5.70 Å². The van der Waals surface area contributed by atoms with Crippen molar-refractivity contribution in [3.05, 3.63) is 72.8 Å². The van der Waals surface area contributed by atoms with Crippen LogP contribution in [-0.4, -0.2) is 24.8 Å². The summed E-state index contributed by atoms with van der Waals surface area (Å²) in [7, 11) is 0. The SMILES string of the molecule is C=C/C=C(\N=C(C)Nc1ccc(N(CCC)CCC)cc1)c1ccc(NC(C)=O)cc1. The largest absolute Gasteiger partial charge is 0.372 e. The van der Waals surface area contributed by atoms with Gasteiger partial charge in [0.15, 0.2) is 0 Å². The van der Waals surface area contributed by atoms with E-state index in [2.05, 4.69) is 60.2 Å². The minimum absolute atomic E-state index is 0.0915. The molecule has 2 N–H and O–H groups in total. The lowest BCUT2D eigenvalue weighted by Gasteiger charge is -2.24. The van der Waals surface area contributed by atoms with Gasteiger partial charge in [-0.25, -0.2) is 4.99 Å². The second-order valence-corrected chi connectivity index (χ2v) is 7.40. The summed E-state index contributed by atoms with van der Waals surface area (Å²) in [6, 6.07) is 16.1. The molecule has 2 rings (SSSR count). The molecule has 0 heterocycles. The number of carbonyl (C=O) groups excluding carboxylic acids is 1. The van der Waals surface area contributed by atoms with Gasteiger partial charge < -0.3 is 15.5 Å². The first-order valence-corrected chi connectivity index (χ1v) is 10.8. The Kier molecular flexibility index (Phi) is 9.56. The molecule has 0 aliphatic rings. The predicted molar refractivity (Wildman–Crippen MR) is 135 cm³/mol. The number of amidine groups is 1. The van der Waals surface area contributed by atoms with Crippen molar-refractivity contribution >= 4 is 34.5 Å². The molecule has 5 nitrogen and oxygen atoms in total. The Bertz CT molecular complexity index is 905. The molecule has 31 heavy (non-hydrogen) atoms. The van der Waals surface area contributed by atoms with Gasteiger partial charge in [0.25, 0.3) is 0 Å². The Morgan fingerprint density at radius 3 is 2.00 bits per heavy atom. The first-order valence-electron chi connectivity index (χ1n) is 10.8. The zero-order chi connectivity index (χ0) is 22.6. The van der Waals surface area contributed by atoms with E-state index in [0.29, 0.717) is 0 Å². The van der Waals surface area contributed by atoms with Crippen molar-refractivity contribution in [1.82, 2.24) is 0 Å². The maximum Gasteiger partial charge on any atom is 0.221 e. The zero-order valence-corrected chi connectivity index (χ0v) is 19.1. The molecule has 0 atom stereocenters. The quantitative estimate of drug-likeness (QED) is 0.269. The molecule has 0 aliphatic carbocycles. The van der Waals surface area contributed by atoms with E-state index in [0.717, 1.165) is 54.4 Å². The third-order valence-corrected chi connectivity index (χ3v) is 4.61. The fourth-order valence-electron chi connectivity index (χ4n) is 3.32. The van der Waals surface area contributed by atoms with Gasteiger partial charge in [-0.3, -0.25) is 4.79 Å². The highest BCUT2D eigenvalue weighted by Crippen LogP contribution is 2.21. The van der Waals surface area contributed by atoms with Crippen LogP contribution >= 0.6 is 0 Å². The van der Waals surface area contributed by atoms with Gasteiger partial charge in [-0.2, -0.15) is 0 Å². The molecule has 0 saturated heterocycles. The Morgan fingerprint density at radius 1 is 0.935 bits per heavy atom. The smallest absolute Gasteiger partial charge is 0.221 e. The van der Waals surface area contributed by atoms with Gasteiger partial charge >= 0.3 is 0 Å². The van der Waals surface area contributed by atoms with Crippen LogP contribution in [0.2, 0.25) is 0 Å². The number of nitrogens with zero attached hydrogens (tertiary/aromatic N) is 2. The molecule has 164 valence electrons. The van der Waals surface area contributed by atoms with Crippen LogP contribution < -0.4 is 15.5 Å². The molecule has 0 radical (unpaired) electrons. The molecular weight excluding hydrogens is 384 g/mol. The lowest BCUT2D eigenvalue weighted by molar-refractivity contribution is -0.114. The number of anilines is 3. The van der Waals surface area contributed by atoms with Crippen molar-refractivity contribution in [2.24, 2.45) is 4.99 Å². The number of amides is 1. The van der Waals surface area contributed by atoms with Crippen molar-refractivity contribution in [2.75, 3.05) is 28.6 Å². The first-order chi connectivity index (χ1) is 15.0. The highest BCUT2D eigenvalue weighted by atomic mass is 16.1. The van der Waals surface area contributed by atoms with Crippen LogP contribution in [0.1, 0.15) is 46.1 Å². The Labute approximate surface area is 186 Å². The summed E-state index contributed by atoms with van der Waals surface area (Å²) < 4.78 is 0. The van der Waals surface area contributed by atoms with Gasteiger partial charge in [-0.15, -0.1) is 0 Å². The molecule has 0 saturated carbocycles. The summed E-state index contributed by atoms with van der Waals surface area (Å²) in [5, 5.41) is 6.14. The standard InChI is InChI=1S/C26H34N4O/c1-6-9-26(22-10-12-24(13-11-22)29-21(5)31)28-20(4)27-23-14-16-25(17-15-23)30(18-7-2)19-8-3/h6,9-17H,1,7-8,18-19H2,2-5H3,(H,27,28)(H,29,31)/b26-9-. The molecule has 0 fully saturated rings. The van der Waals surface area contributed by atoms with E-state index >= 15 is 0 Å². The highest BCUT2D eigenvalue weighted by molar-refractivity contribution is 5.97. The number of hydrogen-bond acceptors (Lipinski definition) is 3. The van der Waals surface area contributed by atoms with Crippen molar-refractivity contribution in [3.8, 4) is 0 Å². The summed E-state index contributed by atoms with van der Waals surface area (Å²) in [6.45, 7) is 13.8. The minimum Gasteiger partial charge on any atom is -0.372 e. The number of rotatable bonds is 10. The fraction of sp³-hybridized carbons (Fsp3) is 0.308. The van der Waals surface area contributed by atoms with E-state index in [1.165, 1.54) is 12.6 Å². The van der Waals surface area contributed by atoms with E-state index in [4.69, 9.17) is 4.99 Å². The van der Waals surface area contributed by atoms with Crippen LogP contribution in [-0.2, 0) is 4.79 Å². The normalized spacial score (nSPS) is 11.7. The fourth-order valence-corrected chi connectivity index (χ4v) is 3.32. The Morgan fingerprint density at radius 2 is 1.48 bits per heavy atom. The second-order valence-electron chi connectivity index (χ2n) is 7.40. The van der Waals surface area contributed by atoms with E-state index in [-0.39, 0.29) is 5.91 Å². The predicted octanol–water partition coefficient (Wildman–Crippen LogP) is 6.33. The number of aliphatic imine (C=N–C) groups is 1. The van der Waals surface area contributed by atoms with Crippen LogP contribution in [0.25, 0.3) is 5.70 Å². The zero-order valence-electron chi connectivity index (χ0n) is 19.1. The molecule has 5 heteroatoms. The second kappa shape index (κ2) is 12.4. The summed E-state index contributed by atoms with van der Waals surface area (Å²) in [4.78, 5) is 18.4. The molecule has 1 amide bonds.